The number of hydrogen-bond donors (Lipinski definition) is 1. The molecule has 0 amide bonds. The Morgan fingerprint density at radius 3 is 2.96 bits per heavy atom. The lowest BCUT2D eigenvalue weighted by Gasteiger charge is -2.13. The minimum atomic E-state index is -0.556. The first-order valence-corrected chi connectivity index (χ1v) is 7.07. The number of carbonyl (C=O) groups excluding carboxylic acids is 1. The van der Waals surface area contributed by atoms with Crippen LogP contribution in [-0.2, 0) is 9.53 Å². The Morgan fingerprint density at radius 2 is 2.17 bits per heavy atom. The molecule has 0 bridgehead atoms. The van der Waals surface area contributed by atoms with Crippen molar-refractivity contribution in [3.63, 3.8) is 0 Å². The molecule has 0 saturated heterocycles. The highest BCUT2D eigenvalue weighted by atomic mass is 35.5. The van der Waals surface area contributed by atoms with Crippen LogP contribution >= 0.6 is 12.4 Å². The summed E-state index contributed by atoms with van der Waals surface area (Å²) in [5.41, 5.74) is 3.05. The summed E-state index contributed by atoms with van der Waals surface area (Å²) in [5, 5.41) is 0. The molecule has 1 aliphatic rings. The van der Waals surface area contributed by atoms with Crippen LogP contribution in [0.25, 0.3) is 16.9 Å². The van der Waals surface area contributed by atoms with Crippen molar-refractivity contribution in [2.75, 3.05) is 6.61 Å². The number of esters is 1. The van der Waals surface area contributed by atoms with Gasteiger partial charge in [0.2, 0.25) is 5.65 Å². The maximum Gasteiger partial charge on any atom is 0.319 e. The quantitative estimate of drug-likeness (QED) is 0.730. The molecule has 1 atom stereocenters. The monoisotopic (exact) mass is 331 g/mol. The summed E-state index contributed by atoms with van der Waals surface area (Å²) < 4.78 is 6.91. The van der Waals surface area contributed by atoms with E-state index in [0.717, 1.165) is 11.1 Å². The Hall–Kier alpha value is -2.60. The fourth-order valence-corrected chi connectivity index (χ4v) is 3.10. The number of nitrogens with zero attached hydrogens (tertiary/aromatic N) is 2. The van der Waals surface area contributed by atoms with E-state index in [1.807, 2.05) is 24.3 Å². The summed E-state index contributed by atoms with van der Waals surface area (Å²) in [6.45, 7) is 2.09. The average Bonchev–Trinajstić information content (AvgIpc) is 3.10. The van der Waals surface area contributed by atoms with Crippen LogP contribution in [0.2, 0.25) is 0 Å². The third-order valence-electron chi connectivity index (χ3n) is 3.93. The van der Waals surface area contributed by atoms with Gasteiger partial charge in [-0.15, -0.1) is 12.4 Å². The molecule has 4 rings (SSSR count). The molecule has 6 nitrogen and oxygen atoms in total. The summed E-state index contributed by atoms with van der Waals surface area (Å²) in [6.07, 6.45) is 3.25. The van der Waals surface area contributed by atoms with Crippen molar-refractivity contribution >= 4 is 24.0 Å². The number of halogens is 1. The van der Waals surface area contributed by atoms with Gasteiger partial charge in [-0.2, -0.15) is 0 Å². The van der Waals surface area contributed by atoms with E-state index < -0.39 is 5.92 Å². The second-order valence-electron chi connectivity index (χ2n) is 5.11. The zero-order chi connectivity index (χ0) is 15.3. The van der Waals surface area contributed by atoms with Crippen molar-refractivity contribution in [2.24, 2.45) is 0 Å². The highest BCUT2D eigenvalue weighted by molar-refractivity contribution is 5.92. The Bertz CT molecular complexity index is 961. The van der Waals surface area contributed by atoms with Gasteiger partial charge in [0.15, 0.2) is 0 Å². The first kappa shape index (κ1) is 15.3. The Kier molecular flexibility index (Phi) is 3.69. The molecular weight excluding hydrogens is 318 g/mol. The number of aromatic amines is 1. The van der Waals surface area contributed by atoms with E-state index in [9.17, 15) is 9.59 Å². The predicted octanol–water partition coefficient (Wildman–Crippen LogP) is 2.12. The van der Waals surface area contributed by atoms with Crippen molar-refractivity contribution in [1.29, 1.82) is 0 Å². The van der Waals surface area contributed by atoms with Gasteiger partial charge >= 0.3 is 5.97 Å². The molecule has 23 heavy (non-hydrogen) atoms. The Labute approximate surface area is 137 Å². The van der Waals surface area contributed by atoms with Gasteiger partial charge in [0, 0.05) is 18.0 Å². The molecule has 1 N–H and O–H groups in total. The van der Waals surface area contributed by atoms with Crippen LogP contribution < -0.4 is 5.56 Å². The summed E-state index contributed by atoms with van der Waals surface area (Å²) >= 11 is 0. The minimum absolute atomic E-state index is 0. The number of nitrogens with one attached hydrogen (secondary N) is 1. The lowest BCUT2D eigenvalue weighted by molar-refractivity contribution is -0.143. The Balaban J connectivity index is 0.00000156. The van der Waals surface area contributed by atoms with E-state index in [1.165, 1.54) is 0 Å². The van der Waals surface area contributed by atoms with E-state index in [4.69, 9.17) is 4.74 Å². The van der Waals surface area contributed by atoms with Gasteiger partial charge in [-0.25, -0.2) is 4.98 Å². The lowest BCUT2D eigenvalue weighted by Crippen LogP contribution is -2.20. The van der Waals surface area contributed by atoms with Crippen molar-refractivity contribution < 1.29 is 9.53 Å². The number of benzene rings is 1. The summed E-state index contributed by atoms with van der Waals surface area (Å²) in [7, 11) is 0. The molecular formula is C16H14ClN3O3. The van der Waals surface area contributed by atoms with Crippen molar-refractivity contribution in [1.82, 2.24) is 14.4 Å². The van der Waals surface area contributed by atoms with E-state index in [1.54, 1.807) is 23.7 Å². The average molecular weight is 332 g/mol. The van der Waals surface area contributed by atoms with Gasteiger partial charge in [0.1, 0.15) is 5.92 Å². The van der Waals surface area contributed by atoms with Gasteiger partial charge in [-0.3, -0.25) is 14.0 Å². The molecule has 0 saturated carbocycles. The maximum absolute atomic E-state index is 12.5. The number of rotatable bonds is 2. The van der Waals surface area contributed by atoms with E-state index >= 15 is 0 Å². The van der Waals surface area contributed by atoms with Crippen molar-refractivity contribution in [3.05, 3.63) is 58.3 Å². The molecule has 1 aliphatic carbocycles. The van der Waals surface area contributed by atoms with Crippen LogP contribution in [0.4, 0.5) is 0 Å². The third kappa shape index (κ3) is 2.06. The first-order valence-electron chi connectivity index (χ1n) is 7.07. The SMILES string of the molecule is CCOC(=O)C1c2ccccc2-c2[nH]c(=O)c3nccn3c21.Cl. The highest BCUT2D eigenvalue weighted by Crippen LogP contribution is 2.43. The number of hydrogen-bond acceptors (Lipinski definition) is 4. The van der Waals surface area contributed by atoms with Crippen LogP contribution in [0.5, 0.6) is 0 Å². The van der Waals surface area contributed by atoms with Gasteiger partial charge in [-0.05, 0) is 12.5 Å². The molecule has 1 aromatic carbocycles. The predicted molar refractivity (Wildman–Crippen MR) is 87.0 cm³/mol. The summed E-state index contributed by atoms with van der Waals surface area (Å²) in [6, 6.07) is 7.54. The largest absolute Gasteiger partial charge is 0.465 e. The number of imidazole rings is 1. The molecule has 0 spiro atoms. The van der Waals surface area contributed by atoms with Crippen LogP contribution in [0.3, 0.4) is 0 Å². The number of H-pyrrole nitrogens is 1. The number of aromatic nitrogens is 3. The van der Waals surface area contributed by atoms with Gasteiger partial charge < -0.3 is 9.72 Å². The second kappa shape index (κ2) is 5.55. The number of carbonyl (C=O) groups is 1. The normalized spacial score (nSPS) is 14.9. The van der Waals surface area contributed by atoms with Crippen LogP contribution in [-0.4, -0.2) is 26.9 Å². The molecule has 118 valence electrons. The zero-order valence-corrected chi connectivity index (χ0v) is 13.1. The minimum Gasteiger partial charge on any atom is -0.465 e. The van der Waals surface area contributed by atoms with Crippen molar-refractivity contribution in [2.45, 2.75) is 12.8 Å². The van der Waals surface area contributed by atoms with Crippen LogP contribution in [0.1, 0.15) is 24.1 Å². The van der Waals surface area contributed by atoms with E-state index in [-0.39, 0.29) is 29.6 Å². The van der Waals surface area contributed by atoms with Crippen LogP contribution in [0, 0.1) is 0 Å². The molecule has 2 heterocycles. The fourth-order valence-electron chi connectivity index (χ4n) is 3.10. The molecule has 2 aromatic heterocycles. The summed E-state index contributed by atoms with van der Waals surface area (Å²) in [5.74, 6) is -0.879. The molecule has 7 heteroatoms. The molecule has 0 fully saturated rings. The molecule has 3 aromatic rings. The second-order valence-corrected chi connectivity index (χ2v) is 5.11. The first-order chi connectivity index (χ1) is 10.7. The Morgan fingerprint density at radius 1 is 1.39 bits per heavy atom. The van der Waals surface area contributed by atoms with Crippen molar-refractivity contribution in [3.8, 4) is 11.3 Å². The van der Waals surface area contributed by atoms with Crippen LogP contribution in [0.15, 0.2) is 41.5 Å². The number of ether oxygens (including phenoxy) is 1. The van der Waals surface area contributed by atoms with Gasteiger partial charge in [0.05, 0.1) is 18.0 Å². The van der Waals surface area contributed by atoms with Gasteiger partial charge in [-0.1, -0.05) is 24.3 Å². The highest BCUT2D eigenvalue weighted by Gasteiger charge is 2.38. The van der Waals surface area contributed by atoms with Gasteiger partial charge in [0.25, 0.3) is 5.56 Å². The lowest BCUT2D eigenvalue weighted by atomic mass is 10.0. The molecule has 0 aliphatic heterocycles. The van der Waals surface area contributed by atoms with E-state index in [2.05, 4.69) is 9.97 Å². The zero-order valence-electron chi connectivity index (χ0n) is 12.3. The van der Waals surface area contributed by atoms with E-state index in [0.29, 0.717) is 18.0 Å². The maximum atomic E-state index is 12.5. The third-order valence-corrected chi connectivity index (χ3v) is 3.93. The fraction of sp³-hybridized carbons (Fsp3) is 0.188. The molecule has 0 radical (unpaired) electrons. The summed E-state index contributed by atoms with van der Waals surface area (Å²) in [4.78, 5) is 31.5. The number of fused-ring (bicyclic) bond motifs is 5. The smallest absolute Gasteiger partial charge is 0.319 e. The standard InChI is InChI=1S/C16H13N3O3.ClH/c1-2-22-16(21)11-9-5-3-4-6-10(9)12-13(11)19-8-7-17-14(19)15(20)18-12;/h3-8,11H,2H2,1H3,(H,18,20);1H. The molecule has 1 unspecified atom stereocenters. The topological polar surface area (TPSA) is 76.5 Å².